The molecule has 1 fully saturated rings. The minimum Gasteiger partial charge on any atom is -0.508 e. The molecule has 0 spiro atoms. The van der Waals surface area contributed by atoms with E-state index in [0.717, 1.165) is 23.3 Å². The molecule has 1 N–H and O–H groups in total. The molecule has 138 valence electrons. The number of phenolic OH excluding ortho intramolecular Hbond substituents is 1. The Morgan fingerprint density at radius 2 is 1.48 bits per heavy atom. The summed E-state index contributed by atoms with van der Waals surface area (Å²) in [6, 6.07) is 13.8. The molecule has 0 bridgehead atoms. The van der Waals surface area contributed by atoms with Gasteiger partial charge in [0, 0.05) is 13.1 Å². The van der Waals surface area contributed by atoms with E-state index in [9.17, 15) is 19.5 Å². The maximum atomic E-state index is 12.6. The standard InChI is InChI=1S/C21H20N2O4/c24-16-7-5-14(6-8-16)15-9-11-22(12-10-15)19(25)13-23-20(26)17-3-1-2-4-18(17)21(23)27/h1-8,15,24H,9-13H2. The van der Waals surface area contributed by atoms with Crippen LogP contribution < -0.4 is 0 Å². The summed E-state index contributed by atoms with van der Waals surface area (Å²) in [6.45, 7) is 0.970. The molecular formula is C21H20N2O4. The first-order chi connectivity index (χ1) is 13.0. The van der Waals surface area contributed by atoms with Crippen LogP contribution in [0.3, 0.4) is 0 Å². The molecule has 2 aromatic rings. The maximum absolute atomic E-state index is 12.6. The molecule has 0 atom stereocenters. The summed E-state index contributed by atoms with van der Waals surface area (Å²) in [5.41, 5.74) is 1.88. The largest absolute Gasteiger partial charge is 0.508 e. The second kappa shape index (κ2) is 6.87. The van der Waals surface area contributed by atoms with Gasteiger partial charge in [-0.3, -0.25) is 19.3 Å². The van der Waals surface area contributed by atoms with Crippen molar-refractivity contribution in [1.82, 2.24) is 9.80 Å². The Morgan fingerprint density at radius 3 is 2.04 bits per heavy atom. The predicted molar refractivity (Wildman–Crippen MR) is 98.5 cm³/mol. The Bertz CT molecular complexity index is 864. The van der Waals surface area contributed by atoms with Gasteiger partial charge in [0.05, 0.1) is 11.1 Å². The number of rotatable bonds is 3. The van der Waals surface area contributed by atoms with Crippen molar-refractivity contribution < 1.29 is 19.5 Å². The van der Waals surface area contributed by atoms with Crippen LogP contribution in [0, 0.1) is 0 Å². The van der Waals surface area contributed by atoms with Crippen molar-refractivity contribution in [2.45, 2.75) is 18.8 Å². The summed E-state index contributed by atoms with van der Waals surface area (Å²) in [5, 5.41) is 9.40. The first kappa shape index (κ1) is 17.3. The van der Waals surface area contributed by atoms with E-state index in [2.05, 4.69) is 0 Å². The topological polar surface area (TPSA) is 77.9 Å². The normalized spacial score (nSPS) is 17.3. The van der Waals surface area contributed by atoms with Gasteiger partial charge in [0.1, 0.15) is 12.3 Å². The zero-order valence-electron chi connectivity index (χ0n) is 14.8. The van der Waals surface area contributed by atoms with E-state index >= 15 is 0 Å². The lowest BCUT2D eigenvalue weighted by molar-refractivity contribution is -0.132. The van der Waals surface area contributed by atoms with Crippen molar-refractivity contribution in [3.05, 3.63) is 65.2 Å². The number of piperidine rings is 1. The van der Waals surface area contributed by atoms with Gasteiger partial charge >= 0.3 is 0 Å². The molecule has 2 aromatic carbocycles. The fourth-order valence-electron chi connectivity index (χ4n) is 3.83. The van der Waals surface area contributed by atoms with Gasteiger partial charge in [0.25, 0.3) is 11.8 Å². The SMILES string of the molecule is O=C(CN1C(=O)c2ccccc2C1=O)N1CCC(c2ccc(O)cc2)CC1. The van der Waals surface area contributed by atoms with Crippen molar-refractivity contribution in [3.63, 3.8) is 0 Å². The summed E-state index contributed by atoms with van der Waals surface area (Å²) in [6.07, 6.45) is 1.64. The summed E-state index contributed by atoms with van der Waals surface area (Å²) in [4.78, 5) is 40.2. The van der Waals surface area contributed by atoms with E-state index in [4.69, 9.17) is 0 Å². The van der Waals surface area contributed by atoms with Crippen molar-refractivity contribution in [3.8, 4) is 5.75 Å². The third-order valence-electron chi connectivity index (χ3n) is 5.38. The third-order valence-corrected chi connectivity index (χ3v) is 5.38. The number of benzene rings is 2. The van der Waals surface area contributed by atoms with Crippen molar-refractivity contribution >= 4 is 17.7 Å². The molecular weight excluding hydrogens is 344 g/mol. The molecule has 6 nitrogen and oxygen atoms in total. The minimum absolute atomic E-state index is 0.200. The van der Waals surface area contributed by atoms with Crippen LogP contribution >= 0.6 is 0 Å². The maximum Gasteiger partial charge on any atom is 0.262 e. The van der Waals surface area contributed by atoms with Crippen LogP contribution in [-0.2, 0) is 4.79 Å². The Kier molecular flexibility index (Phi) is 4.39. The smallest absolute Gasteiger partial charge is 0.262 e. The minimum atomic E-state index is -0.400. The van der Waals surface area contributed by atoms with Crippen LogP contribution in [0.25, 0.3) is 0 Å². The predicted octanol–water partition coefficient (Wildman–Crippen LogP) is 2.39. The molecule has 0 aliphatic carbocycles. The van der Waals surface area contributed by atoms with Gasteiger partial charge in [0.15, 0.2) is 0 Å². The summed E-state index contributed by atoms with van der Waals surface area (Å²) < 4.78 is 0. The molecule has 0 radical (unpaired) electrons. The molecule has 2 heterocycles. The van der Waals surface area contributed by atoms with E-state index in [0.29, 0.717) is 30.1 Å². The van der Waals surface area contributed by atoms with E-state index in [1.165, 1.54) is 0 Å². The first-order valence-electron chi connectivity index (χ1n) is 9.06. The number of fused-ring (bicyclic) bond motifs is 1. The molecule has 2 aliphatic rings. The van der Waals surface area contributed by atoms with Crippen LogP contribution in [-0.4, -0.2) is 52.3 Å². The highest BCUT2D eigenvalue weighted by molar-refractivity contribution is 6.22. The van der Waals surface area contributed by atoms with Crippen LogP contribution in [0.1, 0.15) is 45.0 Å². The fourth-order valence-corrected chi connectivity index (χ4v) is 3.83. The second-order valence-corrected chi connectivity index (χ2v) is 6.99. The number of hydrogen-bond acceptors (Lipinski definition) is 4. The number of nitrogens with zero attached hydrogens (tertiary/aromatic N) is 2. The molecule has 4 rings (SSSR count). The molecule has 27 heavy (non-hydrogen) atoms. The third kappa shape index (κ3) is 3.18. The number of hydrogen-bond donors (Lipinski definition) is 1. The van der Waals surface area contributed by atoms with Gasteiger partial charge in [-0.15, -0.1) is 0 Å². The highest BCUT2D eigenvalue weighted by Gasteiger charge is 2.37. The molecule has 2 aliphatic heterocycles. The molecule has 6 heteroatoms. The van der Waals surface area contributed by atoms with Gasteiger partial charge in [-0.2, -0.15) is 0 Å². The van der Waals surface area contributed by atoms with Gasteiger partial charge in [-0.1, -0.05) is 24.3 Å². The number of carbonyl (C=O) groups is 3. The molecule has 0 saturated carbocycles. The highest BCUT2D eigenvalue weighted by Crippen LogP contribution is 2.29. The van der Waals surface area contributed by atoms with E-state index < -0.39 is 11.8 Å². The highest BCUT2D eigenvalue weighted by atomic mass is 16.3. The Labute approximate surface area is 157 Å². The zero-order chi connectivity index (χ0) is 19.0. The van der Waals surface area contributed by atoms with Crippen LogP contribution in [0.15, 0.2) is 48.5 Å². The lowest BCUT2D eigenvalue weighted by atomic mass is 9.89. The zero-order valence-corrected chi connectivity index (χ0v) is 14.8. The summed E-state index contributed by atoms with van der Waals surface area (Å²) in [7, 11) is 0. The van der Waals surface area contributed by atoms with E-state index in [-0.39, 0.29) is 18.2 Å². The first-order valence-corrected chi connectivity index (χ1v) is 9.06. The molecule has 3 amide bonds. The van der Waals surface area contributed by atoms with Crippen LogP contribution in [0.5, 0.6) is 5.75 Å². The number of phenols is 1. The average molecular weight is 364 g/mol. The van der Waals surface area contributed by atoms with Crippen molar-refractivity contribution in [1.29, 1.82) is 0 Å². The molecule has 0 aromatic heterocycles. The van der Waals surface area contributed by atoms with Gasteiger partial charge in [0.2, 0.25) is 5.91 Å². The number of carbonyl (C=O) groups excluding carboxylic acids is 3. The quantitative estimate of drug-likeness (QED) is 0.849. The Morgan fingerprint density at radius 1 is 0.926 bits per heavy atom. The molecule has 1 saturated heterocycles. The Hall–Kier alpha value is -3.15. The van der Waals surface area contributed by atoms with Crippen LogP contribution in [0.2, 0.25) is 0 Å². The van der Waals surface area contributed by atoms with Gasteiger partial charge in [-0.25, -0.2) is 0 Å². The summed E-state index contributed by atoms with van der Waals surface area (Å²) in [5.74, 6) is -0.416. The van der Waals surface area contributed by atoms with Crippen molar-refractivity contribution in [2.75, 3.05) is 19.6 Å². The number of amides is 3. The monoisotopic (exact) mass is 364 g/mol. The van der Waals surface area contributed by atoms with E-state index in [1.54, 1.807) is 41.3 Å². The number of likely N-dealkylation sites (tertiary alicyclic amines) is 1. The lowest BCUT2D eigenvalue weighted by Gasteiger charge is -2.33. The number of imide groups is 1. The average Bonchev–Trinajstić information content (AvgIpc) is 2.94. The van der Waals surface area contributed by atoms with Crippen LogP contribution in [0.4, 0.5) is 0 Å². The Balaban J connectivity index is 1.37. The van der Waals surface area contributed by atoms with Crippen molar-refractivity contribution in [2.24, 2.45) is 0 Å². The fraction of sp³-hybridized carbons (Fsp3) is 0.286. The molecule has 0 unspecified atom stereocenters. The van der Waals surface area contributed by atoms with Gasteiger partial charge < -0.3 is 10.0 Å². The summed E-state index contributed by atoms with van der Waals surface area (Å²) >= 11 is 0. The van der Waals surface area contributed by atoms with Gasteiger partial charge in [-0.05, 0) is 48.6 Å². The van der Waals surface area contributed by atoms with E-state index in [1.807, 2.05) is 12.1 Å². The number of aromatic hydroxyl groups is 1. The lowest BCUT2D eigenvalue weighted by Crippen LogP contribution is -2.45. The second-order valence-electron chi connectivity index (χ2n) is 6.99.